The van der Waals surface area contributed by atoms with Crippen molar-refractivity contribution in [1.82, 2.24) is 0 Å². The van der Waals surface area contributed by atoms with Crippen LogP contribution in [-0.4, -0.2) is 16.2 Å². The molecule has 1 rings (SSSR count). The van der Waals surface area contributed by atoms with Gasteiger partial charge in [0, 0.05) is 5.56 Å². The number of Topliss-reactive ketones (excluding diaryl/α,β-unsaturated/α-hetero) is 1. The molecule has 1 unspecified atom stereocenters. The van der Waals surface area contributed by atoms with Gasteiger partial charge in [-0.25, -0.2) is 4.39 Å². The zero-order valence-electron chi connectivity index (χ0n) is 7.67. The van der Waals surface area contributed by atoms with Crippen molar-refractivity contribution >= 4 is 29.1 Å². The maximum absolute atomic E-state index is 12.5. The van der Waals surface area contributed by atoms with Gasteiger partial charge in [-0.2, -0.15) is 0 Å². The first-order valence-electron chi connectivity index (χ1n) is 4.20. The van der Waals surface area contributed by atoms with Gasteiger partial charge in [-0.1, -0.05) is 6.92 Å². The van der Waals surface area contributed by atoms with Crippen LogP contribution in [0.2, 0.25) is 0 Å². The van der Waals surface area contributed by atoms with Gasteiger partial charge in [-0.05, 0) is 30.0 Å². The van der Waals surface area contributed by atoms with E-state index < -0.39 is 4.71 Å². The second kappa shape index (κ2) is 5.37. The molecule has 0 saturated heterocycles. The number of halogens is 2. The topological polar surface area (TPSA) is 17.1 Å². The van der Waals surface area contributed by atoms with E-state index in [1.165, 1.54) is 36.0 Å². The van der Waals surface area contributed by atoms with E-state index >= 15 is 0 Å². The molecule has 0 aliphatic carbocycles. The van der Waals surface area contributed by atoms with Gasteiger partial charge >= 0.3 is 0 Å². The fourth-order valence-electron chi connectivity index (χ4n) is 0.967. The molecule has 0 heterocycles. The molecule has 0 aliphatic rings. The molecule has 4 heteroatoms. The molecule has 0 bridgehead atoms. The summed E-state index contributed by atoms with van der Waals surface area (Å²) in [5.41, 5.74) is 0.451. The van der Waals surface area contributed by atoms with Gasteiger partial charge in [0.1, 0.15) is 10.5 Å². The average molecular weight is 233 g/mol. The highest BCUT2D eigenvalue weighted by Crippen LogP contribution is 2.19. The van der Waals surface area contributed by atoms with Gasteiger partial charge in [-0.3, -0.25) is 4.79 Å². The van der Waals surface area contributed by atoms with Crippen molar-refractivity contribution in [2.75, 3.05) is 5.75 Å². The fraction of sp³-hybridized carbons (Fsp3) is 0.300. The third-order valence-corrected chi connectivity index (χ3v) is 3.06. The average Bonchev–Trinajstić information content (AvgIpc) is 2.18. The van der Waals surface area contributed by atoms with E-state index in [4.69, 9.17) is 11.6 Å². The van der Waals surface area contributed by atoms with E-state index in [0.29, 0.717) is 5.56 Å². The summed E-state index contributed by atoms with van der Waals surface area (Å²) in [5, 5.41) is 0. The van der Waals surface area contributed by atoms with Crippen LogP contribution in [0.4, 0.5) is 4.39 Å². The molecule has 1 nitrogen and oxygen atoms in total. The van der Waals surface area contributed by atoms with Crippen molar-refractivity contribution in [3.05, 3.63) is 35.6 Å². The Labute approximate surface area is 91.6 Å². The predicted octanol–water partition coefficient (Wildman–Crippen LogP) is 3.33. The summed E-state index contributed by atoms with van der Waals surface area (Å²) in [7, 11) is 0. The summed E-state index contributed by atoms with van der Waals surface area (Å²) in [4.78, 5) is 11.6. The zero-order chi connectivity index (χ0) is 10.6. The molecular weight excluding hydrogens is 223 g/mol. The summed E-state index contributed by atoms with van der Waals surface area (Å²) in [6.07, 6.45) is 0. The third-order valence-electron chi connectivity index (χ3n) is 1.65. The second-order valence-electron chi connectivity index (χ2n) is 2.64. The monoisotopic (exact) mass is 232 g/mol. The van der Waals surface area contributed by atoms with Crippen LogP contribution in [-0.2, 0) is 0 Å². The molecule has 0 radical (unpaired) electrons. The molecule has 0 spiro atoms. The first kappa shape index (κ1) is 11.5. The number of alkyl halides is 1. The Bertz CT molecular complexity index is 312. The summed E-state index contributed by atoms with van der Waals surface area (Å²) in [6.45, 7) is 1.93. The number of carbonyl (C=O) groups excluding carboxylic acids is 1. The van der Waals surface area contributed by atoms with E-state index in [2.05, 4.69) is 0 Å². The number of ketones is 1. The van der Waals surface area contributed by atoms with Crippen molar-refractivity contribution in [1.29, 1.82) is 0 Å². The molecule has 0 aliphatic heterocycles. The molecule has 0 N–H and O–H groups in total. The molecule has 0 aromatic heterocycles. The van der Waals surface area contributed by atoms with E-state index in [1.807, 2.05) is 6.92 Å². The van der Waals surface area contributed by atoms with Crippen LogP contribution in [0.1, 0.15) is 17.3 Å². The van der Waals surface area contributed by atoms with Crippen molar-refractivity contribution < 1.29 is 9.18 Å². The van der Waals surface area contributed by atoms with E-state index in [0.717, 1.165) is 5.75 Å². The molecule has 76 valence electrons. The lowest BCUT2D eigenvalue weighted by molar-refractivity contribution is 0.101. The Morgan fingerprint density at radius 1 is 1.50 bits per heavy atom. The number of carbonyl (C=O) groups is 1. The first-order valence-corrected chi connectivity index (χ1v) is 5.69. The third kappa shape index (κ3) is 3.00. The van der Waals surface area contributed by atoms with Crippen LogP contribution in [0.5, 0.6) is 0 Å². The highest BCUT2D eigenvalue weighted by molar-refractivity contribution is 8.01. The number of hydrogen-bond acceptors (Lipinski definition) is 2. The van der Waals surface area contributed by atoms with Crippen LogP contribution >= 0.6 is 23.4 Å². The molecule has 14 heavy (non-hydrogen) atoms. The Kier molecular flexibility index (Phi) is 4.42. The van der Waals surface area contributed by atoms with Crippen LogP contribution in [0.3, 0.4) is 0 Å². The minimum atomic E-state index is -0.578. The molecule has 1 aromatic rings. The van der Waals surface area contributed by atoms with Gasteiger partial charge in [0.25, 0.3) is 0 Å². The minimum Gasteiger partial charge on any atom is -0.292 e. The second-order valence-corrected chi connectivity index (χ2v) is 4.72. The molecule has 0 fully saturated rings. The van der Waals surface area contributed by atoms with Gasteiger partial charge < -0.3 is 0 Å². The lowest BCUT2D eigenvalue weighted by Gasteiger charge is -2.06. The van der Waals surface area contributed by atoms with Crippen LogP contribution < -0.4 is 0 Å². The van der Waals surface area contributed by atoms with Gasteiger partial charge in [0.05, 0.1) is 0 Å². The van der Waals surface area contributed by atoms with Gasteiger partial charge in [0.2, 0.25) is 0 Å². The largest absolute Gasteiger partial charge is 0.292 e. The van der Waals surface area contributed by atoms with Crippen molar-refractivity contribution in [3.63, 3.8) is 0 Å². The number of hydrogen-bond donors (Lipinski definition) is 0. The number of benzene rings is 1. The Morgan fingerprint density at radius 3 is 2.57 bits per heavy atom. The van der Waals surface area contributed by atoms with E-state index in [-0.39, 0.29) is 11.6 Å². The zero-order valence-corrected chi connectivity index (χ0v) is 9.24. The number of rotatable bonds is 4. The smallest absolute Gasteiger partial charge is 0.190 e. The summed E-state index contributed by atoms with van der Waals surface area (Å²) >= 11 is 7.19. The van der Waals surface area contributed by atoms with E-state index in [9.17, 15) is 9.18 Å². The molecular formula is C10H10ClFOS. The lowest BCUT2D eigenvalue weighted by Crippen LogP contribution is -2.11. The van der Waals surface area contributed by atoms with Crippen LogP contribution in [0.25, 0.3) is 0 Å². The summed E-state index contributed by atoms with van der Waals surface area (Å²) in [5.74, 6) is 0.260. The Balaban J connectivity index is 2.74. The highest BCUT2D eigenvalue weighted by Gasteiger charge is 2.16. The Hall–Kier alpha value is -0.540. The normalized spacial score (nSPS) is 12.5. The number of thioether (sulfide) groups is 1. The lowest BCUT2D eigenvalue weighted by atomic mass is 10.1. The quantitative estimate of drug-likeness (QED) is 0.585. The molecule has 1 atom stereocenters. The summed E-state index contributed by atoms with van der Waals surface area (Å²) < 4.78 is 12.0. The fourth-order valence-corrected chi connectivity index (χ4v) is 2.05. The van der Waals surface area contributed by atoms with Crippen molar-refractivity contribution in [2.24, 2.45) is 0 Å². The maximum Gasteiger partial charge on any atom is 0.190 e. The molecule has 0 amide bonds. The van der Waals surface area contributed by atoms with Crippen molar-refractivity contribution in [3.8, 4) is 0 Å². The van der Waals surface area contributed by atoms with Crippen LogP contribution in [0, 0.1) is 5.82 Å². The SMILES string of the molecule is CCSC(Cl)C(=O)c1ccc(F)cc1. The first-order chi connectivity index (χ1) is 6.65. The van der Waals surface area contributed by atoms with E-state index in [1.54, 1.807) is 0 Å². The Morgan fingerprint density at radius 2 is 2.07 bits per heavy atom. The minimum absolute atomic E-state index is 0.168. The molecule has 0 saturated carbocycles. The van der Waals surface area contributed by atoms with Gasteiger partial charge in [0.15, 0.2) is 5.78 Å². The van der Waals surface area contributed by atoms with Crippen molar-refractivity contribution in [2.45, 2.75) is 11.6 Å². The highest BCUT2D eigenvalue weighted by atomic mass is 35.5. The predicted molar refractivity (Wildman–Crippen MR) is 58.5 cm³/mol. The van der Waals surface area contributed by atoms with Gasteiger partial charge in [-0.15, -0.1) is 23.4 Å². The molecule has 1 aromatic carbocycles. The summed E-state index contributed by atoms with van der Waals surface area (Å²) in [6, 6.07) is 5.41. The maximum atomic E-state index is 12.5. The standard InChI is InChI=1S/C10H10ClFOS/c1-2-14-10(11)9(13)7-3-5-8(12)6-4-7/h3-6,10H,2H2,1H3. The van der Waals surface area contributed by atoms with Crippen LogP contribution in [0.15, 0.2) is 24.3 Å².